The van der Waals surface area contributed by atoms with Crippen molar-refractivity contribution in [3.8, 4) is 11.8 Å². The Morgan fingerprint density at radius 3 is 2.58 bits per heavy atom. The first-order valence-electron chi connectivity index (χ1n) is 13.0. The van der Waals surface area contributed by atoms with E-state index in [1.165, 1.54) is 12.3 Å². The Bertz CT molecular complexity index is 1510. The number of alkyl halides is 3. The predicted octanol–water partition coefficient (Wildman–Crippen LogP) is 6.25. The van der Waals surface area contributed by atoms with E-state index in [4.69, 9.17) is 13.9 Å². The summed E-state index contributed by atoms with van der Waals surface area (Å²) in [4.78, 5) is 16.5. The summed E-state index contributed by atoms with van der Waals surface area (Å²) >= 11 is 0. The number of nitro groups is 1. The van der Waals surface area contributed by atoms with Gasteiger partial charge >= 0.3 is 18.0 Å². The van der Waals surface area contributed by atoms with Crippen molar-refractivity contribution in [3.05, 3.63) is 76.2 Å². The Kier molecular flexibility index (Phi) is 6.35. The second kappa shape index (κ2) is 9.76. The molecule has 2 aromatic heterocycles. The number of ether oxygens (including phenoxy) is 2. The Hall–Kier alpha value is -4.22. The van der Waals surface area contributed by atoms with Crippen LogP contribution in [0, 0.1) is 16.0 Å². The monoisotopic (exact) mass is 556 g/mol. The molecular weight excluding hydrogens is 529 g/mol. The Balaban J connectivity index is 0.993. The lowest BCUT2D eigenvalue weighted by Crippen LogP contribution is -2.38. The van der Waals surface area contributed by atoms with Crippen molar-refractivity contribution in [2.75, 3.05) is 24.6 Å². The predicted molar refractivity (Wildman–Crippen MR) is 140 cm³/mol. The van der Waals surface area contributed by atoms with E-state index in [1.807, 2.05) is 31.2 Å². The molecule has 2 aromatic carbocycles. The Labute approximate surface area is 227 Å². The maximum Gasteiger partial charge on any atom is 0.416 e. The summed E-state index contributed by atoms with van der Waals surface area (Å²) in [5.41, 5.74) is 0.216. The molecule has 1 atom stereocenters. The molecule has 0 N–H and O–H groups in total. The van der Waals surface area contributed by atoms with Crippen LogP contribution in [0.1, 0.15) is 31.1 Å². The van der Waals surface area contributed by atoms with Crippen LogP contribution in [0.4, 0.5) is 24.7 Å². The molecule has 1 unspecified atom stereocenters. The zero-order valence-electron chi connectivity index (χ0n) is 21.7. The van der Waals surface area contributed by atoms with Gasteiger partial charge in [-0.25, -0.2) is 0 Å². The molecule has 0 bridgehead atoms. The minimum absolute atomic E-state index is 0.215. The third-order valence-electron chi connectivity index (χ3n) is 7.50. The fourth-order valence-electron chi connectivity index (χ4n) is 5.40. The number of imidazole rings is 1. The van der Waals surface area contributed by atoms with E-state index in [2.05, 4.69) is 9.88 Å². The van der Waals surface area contributed by atoms with E-state index in [0.29, 0.717) is 35.6 Å². The van der Waals surface area contributed by atoms with Gasteiger partial charge in [0.2, 0.25) is 0 Å². The summed E-state index contributed by atoms with van der Waals surface area (Å²) in [6, 6.07) is 13.4. The minimum atomic E-state index is -4.37. The summed E-state index contributed by atoms with van der Waals surface area (Å²) in [5, 5.41) is 11.4. The number of aromatic nitrogens is 2. The van der Waals surface area contributed by atoms with Crippen LogP contribution >= 0.6 is 0 Å². The number of fused-ring (bicyclic) bond motifs is 2. The van der Waals surface area contributed by atoms with Crippen LogP contribution in [-0.2, 0) is 19.1 Å². The molecule has 0 aliphatic carbocycles. The second-order valence-electron chi connectivity index (χ2n) is 10.7. The molecule has 0 saturated carbocycles. The number of nitrogens with zero attached hydrogens (tertiary/aromatic N) is 4. The molecule has 4 heterocycles. The average molecular weight is 557 g/mol. The number of anilines is 1. The van der Waals surface area contributed by atoms with Gasteiger partial charge in [-0.15, -0.1) is 0 Å². The summed E-state index contributed by atoms with van der Waals surface area (Å²) in [5.74, 6) is 1.56. The summed E-state index contributed by atoms with van der Waals surface area (Å²) < 4.78 is 58.2. The van der Waals surface area contributed by atoms with E-state index in [-0.39, 0.29) is 18.4 Å². The fourth-order valence-corrected chi connectivity index (χ4v) is 5.40. The number of furan rings is 1. The van der Waals surface area contributed by atoms with Gasteiger partial charge in [-0.05, 0) is 79.1 Å². The van der Waals surface area contributed by atoms with Crippen molar-refractivity contribution in [2.24, 2.45) is 5.92 Å². The first-order chi connectivity index (χ1) is 19.0. The van der Waals surface area contributed by atoms with Gasteiger partial charge in [0.25, 0.3) is 0 Å². The summed E-state index contributed by atoms with van der Waals surface area (Å²) in [7, 11) is 0. The summed E-state index contributed by atoms with van der Waals surface area (Å²) in [6.45, 7) is 4.27. The van der Waals surface area contributed by atoms with E-state index in [1.54, 1.807) is 10.6 Å². The number of benzene rings is 2. The highest BCUT2D eigenvalue weighted by atomic mass is 19.4. The van der Waals surface area contributed by atoms with Gasteiger partial charge in [0.1, 0.15) is 29.9 Å². The summed E-state index contributed by atoms with van der Waals surface area (Å²) in [6.07, 6.45) is -0.409. The van der Waals surface area contributed by atoms with E-state index in [9.17, 15) is 23.3 Å². The molecular formula is C28H27F3N4O5. The Morgan fingerprint density at radius 1 is 1.15 bits per heavy atom. The zero-order valence-corrected chi connectivity index (χ0v) is 21.7. The molecule has 9 nitrogen and oxygen atoms in total. The normalized spacial score (nSPS) is 19.6. The smallest absolute Gasteiger partial charge is 0.416 e. The SMILES string of the molecule is CC1(COc2ccc(N3CCC(Cc4cc5cc(C(F)(F)F)ccc5o4)CC3)cc2)Cn2cc([N+](=O)[O-])nc2O1. The van der Waals surface area contributed by atoms with Gasteiger partial charge in [0, 0.05) is 35.6 Å². The van der Waals surface area contributed by atoms with Crippen LogP contribution in [-0.4, -0.2) is 39.8 Å². The van der Waals surface area contributed by atoms with Gasteiger partial charge in [-0.1, -0.05) is 0 Å². The highest BCUT2D eigenvalue weighted by Crippen LogP contribution is 2.35. The van der Waals surface area contributed by atoms with Crippen molar-refractivity contribution in [1.29, 1.82) is 0 Å². The molecule has 1 saturated heterocycles. The average Bonchev–Trinajstić information content (AvgIpc) is 3.58. The molecule has 0 amide bonds. The van der Waals surface area contributed by atoms with Crippen LogP contribution in [0.2, 0.25) is 0 Å². The van der Waals surface area contributed by atoms with E-state index >= 15 is 0 Å². The number of hydrogen-bond acceptors (Lipinski definition) is 7. The fraction of sp³-hybridized carbons (Fsp3) is 0.393. The number of hydrogen-bond donors (Lipinski definition) is 0. The molecule has 1 fully saturated rings. The molecule has 40 heavy (non-hydrogen) atoms. The third kappa shape index (κ3) is 5.30. The Morgan fingerprint density at radius 2 is 1.90 bits per heavy atom. The largest absolute Gasteiger partial charge is 0.489 e. The van der Waals surface area contributed by atoms with Crippen LogP contribution in [0.25, 0.3) is 11.0 Å². The topological polar surface area (TPSA) is 95.8 Å². The maximum atomic E-state index is 13.0. The van der Waals surface area contributed by atoms with Crippen molar-refractivity contribution in [3.63, 3.8) is 0 Å². The third-order valence-corrected chi connectivity index (χ3v) is 7.50. The second-order valence-corrected chi connectivity index (χ2v) is 10.7. The highest BCUT2D eigenvalue weighted by molar-refractivity contribution is 5.78. The molecule has 0 radical (unpaired) electrons. The van der Waals surface area contributed by atoms with Crippen LogP contribution in [0.3, 0.4) is 0 Å². The van der Waals surface area contributed by atoms with E-state index in [0.717, 1.165) is 49.5 Å². The lowest BCUT2D eigenvalue weighted by atomic mass is 9.92. The molecule has 2 aliphatic heterocycles. The van der Waals surface area contributed by atoms with Crippen LogP contribution in [0.5, 0.6) is 11.8 Å². The molecule has 2 aliphatic rings. The van der Waals surface area contributed by atoms with Crippen LogP contribution in [0.15, 0.2) is 59.1 Å². The highest BCUT2D eigenvalue weighted by Gasteiger charge is 2.41. The standard InChI is InChI=1S/C28H27F3N4O5/c1-27(16-34-15-25(35(36)37)32-26(34)40-27)17-38-22-5-3-21(4-6-22)33-10-8-18(9-11-33)12-23-14-19-13-20(28(29,30)31)2-7-24(19)39-23/h2-7,13-15,18H,8-12,16-17H2,1H3. The van der Waals surface area contributed by atoms with E-state index < -0.39 is 22.3 Å². The van der Waals surface area contributed by atoms with Crippen LogP contribution < -0.4 is 14.4 Å². The molecule has 4 aromatic rings. The number of halogens is 3. The van der Waals surface area contributed by atoms with Crippen molar-refractivity contribution < 1.29 is 32.0 Å². The van der Waals surface area contributed by atoms with Gasteiger partial charge in [-0.2, -0.15) is 13.2 Å². The van der Waals surface area contributed by atoms with Crippen molar-refractivity contribution >= 4 is 22.5 Å². The zero-order chi connectivity index (χ0) is 28.1. The van der Waals surface area contributed by atoms with Gasteiger partial charge in [0.05, 0.1) is 12.1 Å². The number of piperidine rings is 1. The quantitative estimate of drug-likeness (QED) is 0.196. The van der Waals surface area contributed by atoms with Gasteiger partial charge in [0.15, 0.2) is 5.60 Å². The molecule has 6 rings (SSSR count). The molecule has 0 spiro atoms. The van der Waals surface area contributed by atoms with Crippen molar-refractivity contribution in [1.82, 2.24) is 9.55 Å². The minimum Gasteiger partial charge on any atom is -0.489 e. The lowest BCUT2D eigenvalue weighted by Gasteiger charge is -2.33. The maximum absolute atomic E-state index is 13.0. The first-order valence-corrected chi connectivity index (χ1v) is 13.0. The van der Waals surface area contributed by atoms with Crippen molar-refractivity contribution in [2.45, 2.75) is 44.5 Å². The molecule has 12 heteroatoms. The first kappa shape index (κ1) is 26.0. The number of rotatable bonds is 7. The lowest BCUT2D eigenvalue weighted by molar-refractivity contribution is -0.389. The molecule has 210 valence electrons. The van der Waals surface area contributed by atoms with Gasteiger partial charge in [-0.3, -0.25) is 4.57 Å². The van der Waals surface area contributed by atoms with Gasteiger partial charge < -0.3 is 28.9 Å².